The Morgan fingerprint density at radius 1 is 1.27 bits per heavy atom. The van der Waals surface area contributed by atoms with E-state index in [9.17, 15) is 0 Å². The first-order valence-electron chi connectivity index (χ1n) is 9.45. The molecule has 0 saturated carbocycles. The van der Waals surface area contributed by atoms with Crippen LogP contribution in [0.4, 0.5) is 0 Å². The highest BCUT2D eigenvalue weighted by molar-refractivity contribution is 7.96. The van der Waals surface area contributed by atoms with Crippen molar-refractivity contribution in [1.29, 1.82) is 0 Å². The second-order valence-electron chi connectivity index (χ2n) is 6.53. The number of allylic oxidation sites excluding steroid dienone is 1. The molecule has 0 atom stereocenters. The molecule has 0 unspecified atom stereocenters. The van der Waals surface area contributed by atoms with Gasteiger partial charge in [-0.15, -0.1) is 0 Å². The van der Waals surface area contributed by atoms with Crippen LogP contribution < -0.4 is 11.1 Å². The molecule has 1 aromatic rings. The molecule has 5 nitrogen and oxygen atoms in total. The summed E-state index contributed by atoms with van der Waals surface area (Å²) in [5.41, 5.74) is 9.43. The molecule has 1 heterocycles. The Labute approximate surface area is 162 Å². The molecule has 1 aliphatic heterocycles. The van der Waals surface area contributed by atoms with E-state index in [4.69, 9.17) is 10.7 Å². The maximum absolute atomic E-state index is 5.70. The predicted octanol–water partition coefficient (Wildman–Crippen LogP) is 3.19. The predicted molar refractivity (Wildman–Crippen MR) is 114 cm³/mol. The van der Waals surface area contributed by atoms with Crippen LogP contribution in [0.25, 0.3) is 0 Å². The summed E-state index contributed by atoms with van der Waals surface area (Å²) in [6.45, 7) is 8.85. The van der Waals surface area contributed by atoms with Gasteiger partial charge >= 0.3 is 0 Å². The summed E-state index contributed by atoms with van der Waals surface area (Å²) in [4.78, 5) is 7.20. The molecule has 1 fully saturated rings. The lowest BCUT2D eigenvalue weighted by Crippen LogP contribution is -2.27. The Kier molecular flexibility index (Phi) is 9.01. The maximum Gasteiger partial charge on any atom is 0.102 e. The van der Waals surface area contributed by atoms with E-state index in [2.05, 4.69) is 65.1 Å². The van der Waals surface area contributed by atoms with E-state index in [0.29, 0.717) is 6.54 Å². The van der Waals surface area contributed by atoms with Crippen molar-refractivity contribution in [2.45, 2.75) is 39.7 Å². The minimum Gasteiger partial charge on any atom is -0.385 e. The van der Waals surface area contributed by atoms with Gasteiger partial charge in [-0.3, -0.25) is 0 Å². The van der Waals surface area contributed by atoms with E-state index in [1.807, 2.05) is 0 Å². The Balaban J connectivity index is 1.96. The van der Waals surface area contributed by atoms with Crippen LogP contribution in [0.3, 0.4) is 0 Å². The first kappa shape index (κ1) is 20.8. The van der Waals surface area contributed by atoms with Crippen LogP contribution in [-0.4, -0.2) is 47.6 Å². The fourth-order valence-corrected chi connectivity index (χ4v) is 3.40. The zero-order chi connectivity index (χ0) is 18.8. The molecule has 0 bridgehead atoms. The lowest BCUT2D eigenvalue weighted by atomic mass is 10.1. The summed E-state index contributed by atoms with van der Waals surface area (Å²) < 4.78 is 2.35. The van der Waals surface area contributed by atoms with Gasteiger partial charge in [0, 0.05) is 25.8 Å². The molecule has 144 valence electrons. The van der Waals surface area contributed by atoms with Gasteiger partial charge in [0.2, 0.25) is 0 Å². The number of hydrogen-bond donors (Lipinski definition) is 2. The second-order valence-corrected chi connectivity index (χ2v) is 7.41. The van der Waals surface area contributed by atoms with Crippen LogP contribution in [0.1, 0.15) is 37.8 Å². The molecule has 1 aromatic carbocycles. The van der Waals surface area contributed by atoms with E-state index in [-0.39, 0.29) is 0 Å². The average molecular weight is 376 g/mol. The lowest BCUT2D eigenvalue weighted by molar-refractivity contribution is 0.451. The summed E-state index contributed by atoms with van der Waals surface area (Å²) in [6, 6.07) is 8.77. The monoisotopic (exact) mass is 375 g/mol. The average Bonchev–Trinajstić information content (AvgIpc) is 3.16. The highest BCUT2D eigenvalue weighted by atomic mass is 32.2. The molecule has 0 spiro atoms. The Morgan fingerprint density at radius 2 is 2.00 bits per heavy atom. The minimum atomic E-state index is 0.689. The van der Waals surface area contributed by atoms with Crippen LogP contribution in [0, 0.1) is 0 Å². The van der Waals surface area contributed by atoms with Gasteiger partial charge in [0.25, 0.3) is 0 Å². The minimum absolute atomic E-state index is 0.689. The topological polar surface area (TPSA) is 56.9 Å². The van der Waals surface area contributed by atoms with Gasteiger partial charge in [-0.25, -0.2) is 9.30 Å². The highest BCUT2D eigenvalue weighted by Gasteiger charge is 2.19. The number of rotatable bonds is 9. The van der Waals surface area contributed by atoms with Crippen LogP contribution in [0.5, 0.6) is 0 Å². The summed E-state index contributed by atoms with van der Waals surface area (Å²) in [7, 11) is 0. The van der Waals surface area contributed by atoms with Gasteiger partial charge in [0.05, 0.1) is 12.4 Å². The summed E-state index contributed by atoms with van der Waals surface area (Å²) >= 11 is 1.79. The first-order valence-corrected chi connectivity index (χ1v) is 10.6. The van der Waals surface area contributed by atoms with Crippen molar-refractivity contribution in [3.8, 4) is 0 Å². The van der Waals surface area contributed by atoms with Crippen molar-refractivity contribution in [3.05, 3.63) is 47.3 Å². The summed E-state index contributed by atoms with van der Waals surface area (Å²) in [5, 5.41) is 3.42. The number of nitrogens with one attached hydrogen (secondary N) is 1. The smallest absolute Gasteiger partial charge is 0.102 e. The van der Waals surface area contributed by atoms with Crippen LogP contribution in [-0.2, 0) is 13.0 Å². The molecule has 3 N–H and O–H groups in total. The van der Waals surface area contributed by atoms with Crippen LogP contribution in [0.2, 0.25) is 0 Å². The van der Waals surface area contributed by atoms with Crippen molar-refractivity contribution in [1.82, 2.24) is 14.5 Å². The third-order valence-electron chi connectivity index (χ3n) is 4.61. The first-order chi connectivity index (χ1) is 12.7. The third kappa shape index (κ3) is 6.67. The third-order valence-corrected chi connectivity index (χ3v) is 5.43. The number of hydrogen-bond acceptors (Lipinski definition) is 5. The van der Waals surface area contributed by atoms with Crippen molar-refractivity contribution < 1.29 is 0 Å². The number of nitrogens with two attached hydrogens (primary N) is 1. The lowest BCUT2D eigenvalue weighted by Gasteiger charge is -2.18. The molecule has 1 saturated heterocycles. The number of nitrogens with zero attached hydrogens (tertiary/aromatic N) is 3. The SMILES string of the molecule is CCc1ccc(CN/C=C(/CCCN)N=C(C)N2CCN(SC)C2)cc1. The largest absolute Gasteiger partial charge is 0.385 e. The van der Waals surface area contributed by atoms with Gasteiger partial charge in [-0.05, 0) is 50.1 Å². The van der Waals surface area contributed by atoms with E-state index in [1.165, 1.54) is 11.1 Å². The fourth-order valence-electron chi connectivity index (χ4n) is 2.88. The van der Waals surface area contributed by atoms with E-state index >= 15 is 0 Å². The normalized spacial score (nSPS) is 16.4. The fraction of sp³-hybridized carbons (Fsp3) is 0.550. The van der Waals surface area contributed by atoms with Gasteiger partial charge < -0.3 is 16.0 Å². The zero-order valence-corrected chi connectivity index (χ0v) is 17.2. The molecule has 6 heteroatoms. The summed E-state index contributed by atoms with van der Waals surface area (Å²) in [5.74, 6) is 1.08. The van der Waals surface area contributed by atoms with Gasteiger partial charge in [0.1, 0.15) is 5.84 Å². The Morgan fingerprint density at radius 3 is 2.62 bits per heavy atom. The molecule has 1 aliphatic rings. The Bertz CT molecular complexity index is 597. The Hall–Kier alpha value is -1.50. The molecule has 26 heavy (non-hydrogen) atoms. The number of aliphatic imine (C=N–C) groups is 1. The molecular formula is C20H33N5S. The van der Waals surface area contributed by atoms with Crippen LogP contribution in [0.15, 0.2) is 41.2 Å². The number of benzene rings is 1. The molecular weight excluding hydrogens is 342 g/mol. The number of aryl methyl sites for hydroxylation is 1. The standard InChI is InChI=1S/C20H33N5S/c1-4-18-7-9-19(10-8-18)14-22-15-20(6-5-11-21)23-17(2)24-12-13-25(16-24)26-3/h7-10,15,22H,4-6,11-14,16,21H2,1-3H3/b20-15-,23-17?. The van der Waals surface area contributed by atoms with E-state index in [0.717, 1.165) is 57.1 Å². The molecule has 0 radical (unpaired) electrons. The van der Waals surface area contributed by atoms with Gasteiger partial charge in [0.15, 0.2) is 0 Å². The van der Waals surface area contributed by atoms with Crippen molar-refractivity contribution in [2.75, 3.05) is 32.6 Å². The highest BCUT2D eigenvalue weighted by Crippen LogP contribution is 2.15. The molecule has 0 amide bonds. The van der Waals surface area contributed by atoms with Crippen molar-refractivity contribution >= 4 is 17.8 Å². The van der Waals surface area contributed by atoms with Crippen molar-refractivity contribution in [2.24, 2.45) is 10.7 Å². The van der Waals surface area contributed by atoms with E-state index < -0.39 is 0 Å². The second kappa shape index (κ2) is 11.3. The van der Waals surface area contributed by atoms with Gasteiger partial charge in [-0.2, -0.15) is 0 Å². The summed E-state index contributed by atoms with van der Waals surface area (Å²) in [6.07, 6.45) is 7.10. The molecule has 0 aromatic heterocycles. The molecule has 2 rings (SSSR count). The molecule has 0 aliphatic carbocycles. The van der Waals surface area contributed by atoms with E-state index in [1.54, 1.807) is 11.9 Å². The quantitative estimate of drug-likeness (QED) is 0.394. The number of amidine groups is 1. The maximum atomic E-state index is 5.70. The van der Waals surface area contributed by atoms with Crippen LogP contribution >= 0.6 is 11.9 Å². The van der Waals surface area contributed by atoms with Gasteiger partial charge in [-0.1, -0.05) is 43.1 Å². The zero-order valence-electron chi connectivity index (χ0n) is 16.4. The van der Waals surface area contributed by atoms with Crippen molar-refractivity contribution in [3.63, 3.8) is 0 Å².